The van der Waals surface area contributed by atoms with Gasteiger partial charge in [-0.15, -0.1) is 0 Å². The Balaban J connectivity index is 0.874. The molecule has 0 atom stereocenters. The number of benzene rings is 16. The predicted octanol–water partition coefficient (Wildman–Crippen LogP) is 21.3. The lowest BCUT2D eigenvalue weighted by Gasteiger charge is -2.21. The van der Waals surface area contributed by atoms with E-state index >= 15 is 0 Å². The van der Waals surface area contributed by atoms with E-state index in [1.54, 1.807) is 0 Å². The summed E-state index contributed by atoms with van der Waals surface area (Å²) in [6, 6.07) is 102. The molecule has 0 N–H and O–H groups in total. The van der Waals surface area contributed by atoms with Crippen molar-refractivity contribution in [3.63, 3.8) is 0 Å². The molecule has 354 valence electrons. The third-order valence-corrected chi connectivity index (χ3v) is 17.1. The number of rotatable bonds is 5. The van der Waals surface area contributed by atoms with Crippen LogP contribution in [-0.2, 0) is 0 Å². The quantitative estimate of drug-likeness (QED) is 0.120. The Kier molecular flexibility index (Phi) is 8.90. The molecule has 0 aliphatic rings. The number of hydrogen-bond donors (Lipinski definition) is 0. The van der Waals surface area contributed by atoms with Crippen molar-refractivity contribution in [2.24, 2.45) is 0 Å². The monoisotopic (exact) mass is 971 g/mol. The summed E-state index contributed by atoms with van der Waals surface area (Å²) in [5.41, 5.74) is 13.6. The number of aromatic nitrogens is 1. The standard InChI is InChI=1S/C76H45N/c1-2-16-46(17-3-1)50-20-14-21-52(42-50)73-59-26-8-10-28-61(59)76(62-29-11-9-27-60(62)73)65-41-35-49-33-39-63-53(37-32-48-34-40-64(65)75(49)74(48)63)51-36-38-57-66(43-51)55-23-6-7-24-56(55)67-44-69-58-25-12-13-30-71(58)77(72(69)45-68(57)67)70-31-15-19-47-18-4-5-22-54(47)70/h1-45H. The van der Waals surface area contributed by atoms with E-state index in [2.05, 4.69) is 278 Å². The predicted molar refractivity (Wildman–Crippen MR) is 331 cm³/mol. The maximum atomic E-state index is 2.49. The normalized spacial score (nSPS) is 12.2. The molecular weight excluding hydrogens is 927 g/mol. The van der Waals surface area contributed by atoms with Crippen LogP contribution >= 0.6 is 0 Å². The van der Waals surface area contributed by atoms with Crippen molar-refractivity contribution >= 4 is 119 Å². The van der Waals surface area contributed by atoms with E-state index in [1.807, 2.05) is 0 Å². The molecule has 17 aromatic rings. The Morgan fingerprint density at radius 3 is 1.42 bits per heavy atom. The smallest absolute Gasteiger partial charge is 0.0547 e. The van der Waals surface area contributed by atoms with Crippen LogP contribution in [-0.4, -0.2) is 4.57 Å². The zero-order valence-electron chi connectivity index (χ0n) is 41.9. The van der Waals surface area contributed by atoms with Crippen molar-refractivity contribution in [3.05, 3.63) is 273 Å². The van der Waals surface area contributed by atoms with Crippen LogP contribution in [0.15, 0.2) is 273 Å². The van der Waals surface area contributed by atoms with Gasteiger partial charge in [0, 0.05) is 16.2 Å². The molecule has 0 saturated heterocycles. The molecule has 0 spiro atoms. The summed E-state index contributed by atoms with van der Waals surface area (Å²) in [5.74, 6) is 0. The molecule has 16 aromatic carbocycles. The fraction of sp³-hybridized carbons (Fsp3) is 0. The van der Waals surface area contributed by atoms with Crippen molar-refractivity contribution in [2.45, 2.75) is 0 Å². The van der Waals surface area contributed by atoms with Crippen LogP contribution < -0.4 is 0 Å². The molecule has 0 radical (unpaired) electrons. The van der Waals surface area contributed by atoms with E-state index in [9.17, 15) is 0 Å². The fourth-order valence-electron chi connectivity index (χ4n) is 13.7. The van der Waals surface area contributed by atoms with Gasteiger partial charge in [0.1, 0.15) is 0 Å². The molecule has 1 aromatic heterocycles. The lowest BCUT2D eigenvalue weighted by atomic mass is 9.82. The SMILES string of the molecule is c1ccc(-c2cccc(-c3c4ccccc4c(-c4ccc5ccc6c(-c7ccc8c(c7)c7ccccc7c7cc9c%10ccccc%10n(-c%10cccc%11ccccc%10%11)c9cc87)ccc7ccc4c5c76)c4ccccc34)c2)cc1. The van der Waals surface area contributed by atoms with Crippen LogP contribution in [0.2, 0.25) is 0 Å². The molecule has 0 saturated carbocycles. The molecule has 0 aliphatic carbocycles. The van der Waals surface area contributed by atoms with Crippen LogP contribution in [0.4, 0.5) is 0 Å². The minimum atomic E-state index is 1.20. The van der Waals surface area contributed by atoms with Crippen molar-refractivity contribution in [1.29, 1.82) is 0 Å². The van der Waals surface area contributed by atoms with Gasteiger partial charge in [-0.2, -0.15) is 0 Å². The lowest BCUT2D eigenvalue weighted by molar-refractivity contribution is 1.20. The van der Waals surface area contributed by atoms with Gasteiger partial charge in [0.15, 0.2) is 0 Å². The van der Waals surface area contributed by atoms with Gasteiger partial charge < -0.3 is 4.57 Å². The van der Waals surface area contributed by atoms with Crippen LogP contribution in [0, 0.1) is 0 Å². The number of hydrogen-bond acceptors (Lipinski definition) is 0. The second kappa shape index (κ2) is 16.2. The Morgan fingerprint density at radius 2 is 0.688 bits per heavy atom. The molecule has 1 heteroatoms. The van der Waals surface area contributed by atoms with Crippen LogP contribution in [0.1, 0.15) is 0 Å². The topological polar surface area (TPSA) is 4.93 Å². The Bertz CT molecular complexity index is 5270. The first kappa shape index (κ1) is 42.3. The average Bonchev–Trinajstić information content (AvgIpc) is 3.95. The minimum Gasteiger partial charge on any atom is -0.309 e. The average molecular weight is 972 g/mol. The molecule has 1 nitrogen and oxygen atoms in total. The second-order valence-corrected chi connectivity index (χ2v) is 21.0. The largest absolute Gasteiger partial charge is 0.309 e. The maximum absolute atomic E-state index is 2.49. The summed E-state index contributed by atoms with van der Waals surface area (Å²) >= 11 is 0. The summed E-state index contributed by atoms with van der Waals surface area (Å²) in [7, 11) is 0. The first-order chi connectivity index (χ1) is 38.2. The summed E-state index contributed by atoms with van der Waals surface area (Å²) < 4.78 is 2.49. The van der Waals surface area contributed by atoms with Crippen molar-refractivity contribution in [1.82, 2.24) is 4.57 Å². The van der Waals surface area contributed by atoms with Gasteiger partial charge in [-0.25, -0.2) is 0 Å². The second-order valence-electron chi connectivity index (χ2n) is 21.0. The van der Waals surface area contributed by atoms with E-state index in [0.29, 0.717) is 0 Å². The number of fused-ring (bicyclic) bond motifs is 12. The van der Waals surface area contributed by atoms with Gasteiger partial charge in [-0.3, -0.25) is 0 Å². The van der Waals surface area contributed by atoms with E-state index in [0.717, 1.165) is 0 Å². The van der Waals surface area contributed by atoms with Gasteiger partial charge in [-0.1, -0.05) is 237 Å². The van der Waals surface area contributed by atoms with E-state index in [1.165, 1.54) is 169 Å². The molecule has 0 aliphatic heterocycles. The zero-order valence-corrected chi connectivity index (χ0v) is 41.9. The summed E-state index contributed by atoms with van der Waals surface area (Å²) in [6.07, 6.45) is 0. The van der Waals surface area contributed by atoms with Gasteiger partial charge in [0.25, 0.3) is 0 Å². The highest BCUT2D eigenvalue weighted by Gasteiger charge is 2.22. The highest BCUT2D eigenvalue weighted by molar-refractivity contribution is 6.32. The van der Waals surface area contributed by atoms with Crippen molar-refractivity contribution < 1.29 is 0 Å². The van der Waals surface area contributed by atoms with Gasteiger partial charge >= 0.3 is 0 Å². The molecule has 0 unspecified atom stereocenters. The van der Waals surface area contributed by atoms with Crippen molar-refractivity contribution in [2.75, 3.05) is 0 Å². The summed E-state index contributed by atoms with van der Waals surface area (Å²) in [4.78, 5) is 0. The summed E-state index contributed by atoms with van der Waals surface area (Å²) in [6.45, 7) is 0. The fourth-order valence-corrected chi connectivity index (χ4v) is 13.7. The highest BCUT2D eigenvalue weighted by Crippen LogP contribution is 2.50. The maximum Gasteiger partial charge on any atom is 0.0547 e. The molecule has 0 amide bonds. The lowest BCUT2D eigenvalue weighted by Crippen LogP contribution is -1.95. The molecular formula is C76H45N. The van der Waals surface area contributed by atoms with Gasteiger partial charge in [0.2, 0.25) is 0 Å². The number of nitrogens with zero attached hydrogens (tertiary/aromatic N) is 1. The van der Waals surface area contributed by atoms with Crippen LogP contribution in [0.25, 0.3) is 169 Å². The molecule has 0 bridgehead atoms. The number of para-hydroxylation sites is 1. The van der Waals surface area contributed by atoms with Crippen LogP contribution in [0.3, 0.4) is 0 Å². The van der Waals surface area contributed by atoms with E-state index < -0.39 is 0 Å². The van der Waals surface area contributed by atoms with Crippen molar-refractivity contribution in [3.8, 4) is 50.2 Å². The molecule has 17 rings (SSSR count). The Hall–Kier alpha value is -10.1. The van der Waals surface area contributed by atoms with Gasteiger partial charge in [-0.05, 0) is 172 Å². The third kappa shape index (κ3) is 6.11. The third-order valence-electron chi connectivity index (χ3n) is 17.1. The Morgan fingerprint density at radius 1 is 0.195 bits per heavy atom. The van der Waals surface area contributed by atoms with E-state index in [-0.39, 0.29) is 0 Å². The van der Waals surface area contributed by atoms with Gasteiger partial charge in [0.05, 0.1) is 16.7 Å². The highest BCUT2D eigenvalue weighted by atomic mass is 15.0. The minimum absolute atomic E-state index is 1.20. The van der Waals surface area contributed by atoms with E-state index in [4.69, 9.17) is 0 Å². The summed E-state index contributed by atoms with van der Waals surface area (Å²) in [5, 5.41) is 25.3. The molecule has 1 heterocycles. The Labute approximate surface area is 444 Å². The first-order valence-corrected chi connectivity index (χ1v) is 26.8. The molecule has 77 heavy (non-hydrogen) atoms. The molecule has 0 fully saturated rings. The zero-order chi connectivity index (χ0) is 50.3. The van der Waals surface area contributed by atoms with Crippen LogP contribution in [0.5, 0.6) is 0 Å². The first-order valence-electron chi connectivity index (χ1n) is 26.8.